The van der Waals surface area contributed by atoms with Crippen LogP contribution >= 0.6 is 0 Å². The average molecular weight is 167 g/mol. The van der Waals surface area contributed by atoms with Crippen LogP contribution in [-0.2, 0) is 0 Å². The van der Waals surface area contributed by atoms with Gasteiger partial charge in [0.1, 0.15) is 0 Å². The Morgan fingerprint density at radius 3 is 2.00 bits per heavy atom. The zero-order chi connectivity index (χ0) is 8.85. The fourth-order valence-corrected chi connectivity index (χ4v) is 0.427. The van der Waals surface area contributed by atoms with E-state index in [9.17, 15) is 0 Å². The van der Waals surface area contributed by atoms with Crippen molar-refractivity contribution in [3.63, 3.8) is 0 Å². The van der Waals surface area contributed by atoms with E-state index in [0.29, 0.717) is 0 Å². The highest BCUT2D eigenvalue weighted by molar-refractivity contribution is 4.60. The van der Waals surface area contributed by atoms with Crippen LogP contribution in [0.2, 0.25) is 0 Å². The maximum absolute atomic E-state index is 8.70. The molecule has 2 unspecified atom stereocenters. The summed E-state index contributed by atoms with van der Waals surface area (Å²) in [5.41, 5.74) is 0. The highest BCUT2D eigenvalue weighted by Gasteiger charge is 2.12. The molecule has 0 radical (unpaired) electrons. The highest BCUT2D eigenvalue weighted by Crippen LogP contribution is 1.84. The van der Waals surface area contributed by atoms with E-state index in [-0.39, 0.29) is 6.54 Å². The standard InChI is InChI=1S/C5H13NO5/c7-2-3(8)1-6-4(9)5(10)11/h3-11H,1-2H2. The minimum absolute atomic E-state index is 0.102. The molecular weight excluding hydrogens is 154 g/mol. The van der Waals surface area contributed by atoms with Crippen molar-refractivity contribution in [1.29, 1.82) is 0 Å². The molecule has 0 aliphatic heterocycles. The summed E-state index contributed by atoms with van der Waals surface area (Å²) >= 11 is 0. The van der Waals surface area contributed by atoms with Gasteiger partial charge < -0.3 is 25.5 Å². The summed E-state index contributed by atoms with van der Waals surface area (Å²) in [7, 11) is 0. The van der Waals surface area contributed by atoms with Crippen LogP contribution in [0.15, 0.2) is 0 Å². The van der Waals surface area contributed by atoms with Crippen molar-refractivity contribution in [1.82, 2.24) is 5.32 Å². The van der Waals surface area contributed by atoms with Gasteiger partial charge in [-0.1, -0.05) is 0 Å². The van der Waals surface area contributed by atoms with Crippen molar-refractivity contribution in [3.8, 4) is 0 Å². The predicted molar refractivity (Wildman–Crippen MR) is 35.3 cm³/mol. The van der Waals surface area contributed by atoms with E-state index in [0.717, 1.165) is 0 Å². The Kier molecular flexibility index (Phi) is 5.30. The Labute approximate surface area is 63.7 Å². The molecule has 0 aliphatic rings. The fourth-order valence-electron chi connectivity index (χ4n) is 0.427. The lowest BCUT2D eigenvalue weighted by molar-refractivity contribution is -0.135. The Morgan fingerprint density at radius 2 is 1.64 bits per heavy atom. The van der Waals surface area contributed by atoms with Gasteiger partial charge in [0, 0.05) is 6.54 Å². The molecule has 6 N–H and O–H groups in total. The zero-order valence-corrected chi connectivity index (χ0v) is 5.88. The molecule has 6 nitrogen and oxygen atoms in total. The molecule has 0 spiro atoms. The van der Waals surface area contributed by atoms with Crippen molar-refractivity contribution < 1.29 is 25.5 Å². The maximum Gasteiger partial charge on any atom is 0.192 e. The van der Waals surface area contributed by atoms with E-state index in [1.54, 1.807) is 0 Å². The van der Waals surface area contributed by atoms with E-state index in [1.165, 1.54) is 0 Å². The van der Waals surface area contributed by atoms with Crippen LogP contribution < -0.4 is 5.32 Å². The molecule has 2 atom stereocenters. The van der Waals surface area contributed by atoms with Crippen molar-refractivity contribution >= 4 is 0 Å². The molecule has 0 aliphatic carbocycles. The van der Waals surface area contributed by atoms with Gasteiger partial charge >= 0.3 is 0 Å². The van der Waals surface area contributed by atoms with Gasteiger partial charge in [0.05, 0.1) is 12.7 Å². The summed E-state index contributed by atoms with van der Waals surface area (Å²) in [5, 5.41) is 44.4. The van der Waals surface area contributed by atoms with Crippen LogP contribution in [0.5, 0.6) is 0 Å². The smallest absolute Gasteiger partial charge is 0.192 e. The largest absolute Gasteiger partial charge is 0.394 e. The zero-order valence-electron chi connectivity index (χ0n) is 5.88. The van der Waals surface area contributed by atoms with Gasteiger partial charge in [0.2, 0.25) is 0 Å². The van der Waals surface area contributed by atoms with Crippen LogP contribution in [0.4, 0.5) is 0 Å². The summed E-state index contributed by atoms with van der Waals surface area (Å²) in [6.07, 6.45) is -4.40. The van der Waals surface area contributed by atoms with Gasteiger partial charge in [-0.3, -0.25) is 5.32 Å². The monoisotopic (exact) mass is 167 g/mol. The third-order valence-electron chi connectivity index (χ3n) is 1.06. The Balaban J connectivity index is 3.37. The first kappa shape index (κ1) is 10.8. The first-order chi connectivity index (χ1) is 5.07. The molecule has 0 aromatic carbocycles. The number of hydrogen-bond donors (Lipinski definition) is 6. The molecule has 11 heavy (non-hydrogen) atoms. The Bertz CT molecular complexity index is 98.9. The van der Waals surface area contributed by atoms with Crippen LogP contribution in [0.25, 0.3) is 0 Å². The van der Waals surface area contributed by atoms with Gasteiger partial charge in [0.25, 0.3) is 0 Å². The van der Waals surface area contributed by atoms with Crippen molar-refractivity contribution in [2.75, 3.05) is 13.2 Å². The van der Waals surface area contributed by atoms with Crippen LogP contribution in [0.3, 0.4) is 0 Å². The lowest BCUT2D eigenvalue weighted by Gasteiger charge is -2.15. The Morgan fingerprint density at radius 1 is 1.09 bits per heavy atom. The number of nitrogens with one attached hydrogen (secondary N) is 1. The van der Waals surface area contributed by atoms with Gasteiger partial charge in [-0.15, -0.1) is 0 Å². The molecule has 0 amide bonds. The molecule has 0 rings (SSSR count). The van der Waals surface area contributed by atoms with Gasteiger partial charge in [-0.25, -0.2) is 0 Å². The summed E-state index contributed by atoms with van der Waals surface area (Å²) in [6, 6.07) is 0. The maximum atomic E-state index is 8.70. The lowest BCUT2D eigenvalue weighted by atomic mass is 10.3. The molecular formula is C5H13NO5. The van der Waals surface area contributed by atoms with E-state index in [2.05, 4.69) is 5.32 Å². The molecule has 0 bridgehead atoms. The number of hydrogen-bond acceptors (Lipinski definition) is 6. The normalized spacial score (nSPS) is 16.9. The van der Waals surface area contributed by atoms with Crippen molar-refractivity contribution in [2.24, 2.45) is 0 Å². The van der Waals surface area contributed by atoms with Crippen LogP contribution in [0, 0.1) is 0 Å². The third kappa shape index (κ3) is 5.08. The van der Waals surface area contributed by atoms with E-state index >= 15 is 0 Å². The van der Waals surface area contributed by atoms with Crippen molar-refractivity contribution in [2.45, 2.75) is 18.6 Å². The van der Waals surface area contributed by atoms with Crippen LogP contribution in [0.1, 0.15) is 0 Å². The highest BCUT2D eigenvalue weighted by atomic mass is 16.5. The van der Waals surface area contributed by atoms with E-state index < -0.39 is 25.2 Å². The second-order valence-corrected chi connectivity index (χ2v) is 2.10. The fraction of sp³-hybridized carbons (Fsp3) is 1.00. The summed E-state index contributed by atoms with van der Waals surface area (Å²) in [4.78, 5) is 0. The minimum atomic E-state index is -1.89. The first-order valence-electron chi connectivity index (χ1n) is 3.14. The van der Waals surface area contributed by atoms with E-state index in [1.807, 2.05) is 0 Å². The molecule has 0 fully saturated rings. The van der Waals surface area contributed by atoms with Gasteiger partial charge in [-0.05, 0) is 0 Å². The SMILES string of the molecule is OCC(O)CNC(O)C(O)O. The van der Waals surface area contributed by atoms with Crippen molar-refractivity contribution in [3.05, 3.63) is 0 Å². The molecule has 6 heteroatoms. The molecule has 0 heterocycles. The first-order valence-corrected chi connectivity index (χ1v) is 3.14. The predicted octanol–water partition coefficient (Wildman–Crippen LogP) is -3.44. The summed E-state index contributed by atoms with van der Waals surface area (Å²) in [5.74, 6) is 0. The number of rotatable bonds is 5. The van der Waals surface area contributed by atoms with Gasteiger partial charge in [-0.2, -0.15) is 0 Å². The Hall–Kier alpha value is -0.240. The lowest BCUT2D eigenvalue weighted by Crippen LogP contribution is -2.43. The van der Waals surface area contributed by atoms with Crippen LogP contribution in [-0.4, -0.2) is 57.3 Å². The molecule has 0 aromatic heterocycles. The minimum Gasteiger partial charge on any atom is -0.394 e. The summed E-state index contributed by atoms with van der Waals surface area (Å²) < 4.78 is 0. The summed E-state index contributed by atoms with van der Waals surface area (Å²) in [6.45, 7) is -0.545. The molecule has 0 aromatic rings. The second kappa shape index (κ2) is 5.42. The quantitative estimate of drug-likeness (QED) is 0.237. The number of aliphatic hydroxyl groups excluding tert-OH is 4. The van der Waals surface area contributed by atoms with Gasteiger partial charge in [0.15, 0.2) is 12.5 Å². The third-order valence-corrected chi connectivity index (χ3v) is 1.06. The second-order valence-electron chi connectivity index (χ2n) is 2.10. The molecule has 68 valence electrons. The van der Waals surface area contributed by atoms with E-state index in [4.69, 9.17) is 25.5 Å². The molecule has 0 saturated carbocycles. The molecule has 0 saturated heterocycles. The topological polar surface area (TPSA) is 113 Å². The number of aliphatic hydroxyl groups is 5. The average Bonchev–Trinajstić information content (AvgIpc) is 1.99.